The number of ether oxygens (including phenoxy) is 1. The Morgan fingerprint density at radius 2 is 1.12 bits per heavy atom. The van der Waals surface area contributed by atoms with Gasteiger partial charge in [-0.2, -0.15) is 0 Å². The van der Waals surface area contributed by atoms with Gasteiger partial charge in [0.1, 0.15) is 12.1 Å². The maximum absolute atomic E-state index is 12.7. The molecule has 0 heterocycles. The zero-order valence-corrected chi connectivity index (χ0v) is 21.9. The molecule has 0 radical (unpaired) electrons. The number of esters is 1. The number of hydrogen-bond acceptors (Lipinski definition) is 3. The van der Waals surface area contributed by atoms with Gasteiger partial charge in [0.25, 0.3) is 0 Å². The SMILES string of the molecule is CCCCCCCCCCC(CCCCCCCCCC)OC(=O)C(N)Cc1ccccc1. The van der Waals surface area contributed by atoms with Crippen LogP contribution in [-0.4, -0.2) is 18.1 Å². The monoisotopic (exact) mass is 459 g/mol. The van der Waals surface area contributed by atoms with E-state index in [1.165, 1.54) is 89.9 Å². The van der Waals surface area contributed by atoms with Crippen LogP contribution in [0.3, 0.4) is 0 Å². The molecule has 1 rings (SSSR count). The van der Waals surface area contributed by atoms with Gasteiger partial charge < -0.3 is 10.5 Å². The average Bonchev–Trinajstić information content (AvgIpc) is 2.82. The third-order valence-corrected chi connectivity index (χ3v) is 6.64. The van der Waals surface area contributed by atoms with Crippen molar-refractivity contribution in [1.29, 1.82) is 0 Å². The summed E-state index contributed by atoms with van der Waals surface area (Å²) in [6, 6.07) is 9.42. The van der Waals surface area contributed by atoms with Gasteiger partial charge in [0.2, 0.25) is 0 Å². The molecule has 3 nitrogen and oxygen atoms in total. The lowest BCUT2D eigenvalue weighted by atomic mass is 10.0. The van der Waals surface area contributed by atoms with Crippen molar-refractivity contribution in [1.82, 2.24) is 0 Å². The summed E-state index contributed by atoms with van der Waals surface area (Å²) in [6.45, 7) is 4.53. The summed E-state index contributed by atoms with van der Waals surface area (Å²) in [4.78, 5) is 12.7. The highest BCUT2D eigenvalue weighted by molar-refractivity contribution is 5.76. The molecule has 33 heavy (non-hydrogen) atoms. The Kier molecular flexibility index (Phi) is 19.1. The Balaban J connectivity index is 2.34. The number of carbonyl (C=O) groups excluding carboxylic acids is 1. The third-order valence-electron chi connectivity index (χ3n) is 6.64. The molecule has 0 spiro atoms. The number of unbranched alkanes of at least 4 members (excludes halogenated alkanes) is 14. The summed E-state index contributed by atoms with van der Waals surface area (Å²) in [7, 11) is 0. The van der Waals surface area contributed by atoms with Gasteiger partial charge >= 0.3 is 5.97 Å². The van der Waals surface area contributed by atoms with Crippen molar-refractivity contribution in [2.75, 3.05) is 0 Å². The normalized spacial score (nSPS) is 12.2. The first-order valence-corrected chi connectivity index (χ1v) is 14.2. The van der Waals surface area contributed by atoms with E-state index >= 15 is 0 Å². The Labute approximate surface area is 205 Å². The second-order valence-electron chi connectivity index (χ2n) is 9.88. The van der Waals surface area contributed by atoms with Crippen LogP contribution in [0.15, 0.2) is 30.3 Å². The van der Waals surface area contributed by atoms with Crippen LogP contribution in [0, 0.1) is 0 Å². The minimum absolute atomic E-state index is 0.0273. The van der Waals surface area contributed by atoms with Crippen LogP contribution in [0.4, 0.5) is 0 Å². The van der Waals surface area contributed by atoms with E-state index < -0.39 is 6.04 Å². The van der Waals surface area contributed by atoms with E-state index in [1.54, 1.807) is 0 Å². The molecule has 0 aliphatic carbocycles. The van der Waals surface area contributed by atoms with Crippen molar-refractivity contribution in [3.8, 4) is 0 Å². The van der Waals surface area contributed by atoms with Crippen molar-refractivity contribution in [2.24, 2.45) is 5.73 Å². The minimum Gasteiger partial charge on any atom is -0.461 e. The molecule has 0 saturated carbocycles. The number of nitrogens with two attached hydrogens (primary N) is 1. The van der Waals surface area contributed by atoms with Crippen molar-refractivity contribution in [2.45, 2.75) is 148 Å². The summed E-state index contributed by atoms with van der Waals surface area (Å²) in [5.41, 5.74) is 7.28. The molecular formula is C30H53NO2. The molecule has 190 valence electrons. The molecule has 2 N–H and O–H groups in total. The standard InChI is InChI=1S/C30H53NO2/c1-3-5-7-9-11-13-15-20-24-28(25-21-16-14-12-10-8-6-4-2)33-30(32)29(31)26-27-22-18-17-19-23-27/h17-19,22-23,28-29H,3-16,20-21,24-26,31H2,1-2H3. The first-order chi connectivity index (χ1) is 16.2. The van der Waals surface area contributed by atoms with E-state index in [-0.39, 0.29) is 12.1 Å². The maximum Gasteiger partial charge on any atom is 0.323 e. The predicted octanol–water partition coefficient (Wildman–Crippen LogP) is 8.53. The average molecular weight is 460 g/mol. The fourth-order valence-electron chi connectivity index (χ4n) is 4.48. The predicted molar refractivity (Wildman–Crippen MR) is 142 cm³/mol. The Morgan fingerprint density at radius 1 is 0.697 bits per heavy atom. The zero-order chi connectivity index (χ0) is 24.0. The summed E-state index contributed by atoms with van der Waals surface area (Å²) in [5, 5.41) is 0. The molecule has 1 aromatic carbocycles. The van der Waals surface area contributed by atoms with Gasteiger partial charge in [0, 0.05) is 0 Å². The highest BCUT2D eigenvalue weighted by Gasteiger charge is 2.20. The first kappa shape index (κ1) is 29.7. The van der Waals surface area contributed by atoms with Gasteiger partial charge in [0.15, 0.2) is 0 Å². The number of rotatable bonds is 22. The number of benzene rings is 1. The van der Waals surface area contributed by atoms with E-state index in [0.717, 1.165) is 31.2 Å². The van der Waals surface area contributed by atoms with Gasteiger partial charge in [-0.3, -0.25) is 4.79 Å². The summed E-state index contributed by atoms with van der Waals surface area (Å²) < 4.78 is 5.94. The number of hydrogen-bond donors (Lipinski definition) is 1. The molecule has 0 aliphatic heterocycles. The molecule has 1 aromatic rings. The number of carbonyl (C=O) groups is 1. The lowest BCUT2D eigenvalue weighted by molar-refractivity contribution is -0.151. The Hall–Kier alpha value is -1.35. The quantitative estimate of drug-likeness (QED) is 0.140. The molecule has 0 bridgehead atoms. The third kappa shape index (κ3) is 16.8. The molecule has 3 heteroatoms. The van der Waals surface area contributed by atoms with E-state index in [2.05, 4.69) is 13.8 Å². The van der Waals surface area contributed by atoms with Gasteiger partial charge in [-0.05, 0) is 37.7 Å². The molecule has 0 aromatic heterocycles. The van der Waals surface area contributed by atoms with E-state index in [9.17, 15) is 4.79 Å². The Bertz CT molecular complexity index is 540. The van der Waals surface area contributed by atoms with Crippen molar-refractivity contribution in [3.63, 3.8) is 0 Å². The molecule has 0 fully saturated rings. The molecule has 0 aliphatic rings. The highest BCUT2D eigenvalue weighted by atomic mass is 16.5. The van der Waals surface area contributed by atoms with Crippen LogP contribution >= 0.6 is 0 Å². The topological polar surface area (TPSA) is 52.3 Å². The smallest absolute Gasteiger partial charge is 0.323 e. The highest BCUT2D eigenvalue weighted by Crippen LogP contribution is 2.18. The molecule has 0 saturated heterocycles. The van der Waals surface area contributed by atoms with Gasteiger partial charge in [-0.25, -0.2) is 0 Å². The summed E-state index contributed by atoms with van der Waals surface area (Å²) in [6.07, 6.45) is 23.4. The van der Waals surface area contributed by atoms with Crippen LogP contribution in [-0.2, 0) is 16.0 Å². The van der Waals surface area contributed by atoms with E-state index in [4.69, 9.17) is 10.5 Å². The minimum atomic E-state index is -0.577. The van der Waals surface area contributed by atoms with Crippen LogP contribution < -0.4 is 5.73 Å². The zero-order valence-electron chi connectivity index (χ0n) is 21.9. The lowest BCUT2D eigenvalue weighted by Crippen LogP contribution is -2.36. The fraction of sp³-hybridized carbons (Fsp3) is 0.767. The van der Waals surface area contributed by atoms with Crippen LogP contribution in [0.25, 0.3) is 0 Å². The van der Waals surface area contributed by atoms with Crippen molar-refractivity contribution in [3.05, 3.63) is 35.9 Å². The largest absolute Gasteiger partial charge is 0.461 e. The van der Waals surface area contributed by atoms with Gasteiger partial charge in [-0.15, -0.1) is 0 Å². The van der Waals surface area contributed by atoms with Crippen molar-refractivity contribution < 1.29 is 9.53 Å². The molecule has 1 atom stereocenters. The lowest BCUT2D eigenvalue weighted by Gasteiger charge is -2.20. The van der Waals surface area contributed by atoms with Gasteiger partial charge in [-0.1, -0.05) is 134 Å². The second-order valence-corrected chi connectivity index (χ2v) is 9.88. The Morgan fingerprint density at radius 3 is 1.58 bits per heavy atom. The van der Waals surface area contributed by atoms with Crippen LogP contribution in [0.2, 0.25) is 0 Å². The van der Waals surface area contributed by atoms with Crippen molar-refractivity contribution >= 4 is 5.97 Å². The summed E-state index contributed by atoms with van der Waals surface area (Å²) >= 11 is 0. The fourth-order valence-corrected chi connectivity index (χ4v) is 4.48. The van der Waals surface area contributed by atoms with Gasteiger partial charge in [0.05, 0.1) is 0 Å². The van der Waals surface area contributed by atoms with Crippen LogP contribution in [0.5, 0.6) is 0 Å². The summed E-state index contributed by atoms with van der Waals surface area (Å²) in [5.74, 6) is -0.233. The second kappa shape index (κ2) is 21.2. The first-order valence-electron chi connectivity index (χ1n) is 14.2. The molecular weight excluding hydrogens is 406 g/mol. The van der Waals surface area contributed by atoms with E-state index in [1.807, 2.05) is 30.3 Å². The van der Waals surface area contributed by atoms with Crippen LogP contribution in [0.1, 0.15) is 135 Å². The van der Waals surface area contributed by atoms with E-state index in [0.29, 0.717) is 6.42 Å². The maximum atomic E-state index is 12.7. The molecule has 0 amide bonds. The molecule has 1 unspecified atom stereocenters.